The van der Waals surface area contributed by atoms with E-state index in [1.807, 2.05) is 0 Å². The fourth-order valence-corrected chi connectivity index (χ4v) is 4.36. The Balaban J connectivity index is 1.53. The van der Waals surface area contributed by atoms with Gasteiger partial charge < -0.3 is 8.71 Å². The summed E-state index contributed by atoms with van der Waals surface area (Å²) in [6, 6.07) is 11.9. The second kappa shape index (κ2) is 7.13. The van der Waals surface area contributed by atoms with Crippen molar-refractivity contribution in [1.29, 1.82) is 0 Å². The van der Waals surface area contributed by atoms with Crippen molar-refractivity contribution in [2.75, 3.05) is 0 Å². The average Bonchev–Trinajstić information content (AvgIpc) is 3.33. The zero-order chi connectivity index (χ0) is 19.7. The van der Waals surface area contributed by atoms with Crippen LogP contribution in [0.5, 0.6) is 5.75 Å². The fourth-order valence-electron chi connectivity index (χ4n) is 2.34. The van der Waals surface area contributed by atoms with Crippen LogP contribution in [-0.2, 0) is 10.1 Å². The monoisotopic (exact) mass is 417 g/mol. The molecule has 0 amide bonds. The number of nitrogens with zero attached hydrogens (tertiary/aromatic N) is 3. The Labute approximate surface area is 163 Å². The third-order valence-electron chi connectivity index (χ3n) is 3.68. The van der Waals surface area contributed by atoms with Crippen LogP contribution in [0.2, 0.25) is 0 Å². The minimum absolute atomic E-state index is 0.125. The van der Waals surface area contributed by atoms with Gasteiger partial charge in [0.1, 0.15) is 16.6 Å². The van der Waals surface area contributed by atoms with Gasteiger partial charge in [0.25, 0.3) is 0 Å². The van der Waals surface area contributed by atoms with Gasteiger partial charge in [-0.15, -0.1) is 11.3 Å². The van der Waals surface area contributed by atoms with Gasteiger partial charge in [-0.05, 0) is 48.5 Å². The molecule has 0 saturated heterocycles. The summed E-state index contributed by atoms with van der Waals surface area (Å²) in [6.45, 7) is 1.68. The number of aryl methyl sites for hydroxylation is 1. The first-order chi connectivity index (χ1) is 13.4. The lowest BCUT2D eigenvalue weighted by Crippen LogP contribution is -2.10. The molecule has 0 atom stereocenters. The molecule has 0 saturated carbocycles. The summed E-state index contributed by atoms with van der Waals surface area (Å²) in [4.78, 5) is 8.20. The highest BCUT2D eigenvalue weighted by atomic mass is 32.2. The number of hydrogen-bond acceptors (Lipinski definition) is 8. The summed E-state index contributed by atoms with van der Waals surface area (Å²) < 4.78 is 48.1. The van der Waals surface area contributed by atoms with E-state index in [4.69, 9.17) is 8.71 Å². The Bertz CT molecular complexity index is 1220. The topological polar surface area (TPSA) is 95.2 Å². The number of aromatic nitrogens is 3. The summed E-state index contributed by atoms with van der Waals surface area (Å²) in [7, 11) is -4.11. The van der Waals surface area contributed by atoms with E-state index in [2.05, 4.69) is 15.1 Å². The summed E-state index contributed by atoms with van der Waals surface area (Å²) >= 11 is 1.13. The van der Waals surface area contributed by atoms with Crippen molar-refractivity contribution >= 4 is 21.5 Å². The molecule has 4 aromatic rings. The molecule has 0 fully saturated rings. The van der Waals surface area contributed by atoms with Gasteiger partial charge >= 0.3 is 10.1 Å². The molecule has 2 heterocycles. The summed E-state index contributed by atoms with van der Waals surface area (Å²) in [6.07, 6.45) is 0. The van der Waals surface area contributed by atoms with Crippen molar-refractivity contribution in [3.05, 3.63) is 65.6 Å². The smallest absolute Gasteiger partial charge is 0.357 e. The number of benzene rings is 2. The van der Waals surface area contributed by atoms with Gasteiger partial charge in [0.2, 0.25) is 16.7 Å². The minimum Gasteiger partial charge on any atom is -0.378 e. The highest BCUT2D eigenvalue weighted by Gasteiger charge is 2.21. The van der Waals surface area contributed by atoms with Crippen LogP contribution in [0.25, 0.3) is 22.0 Å². The van der Waals surface area contributed by atoms with Crippen molar-refractivity contribution in [2.45, 2.75) is 11.9 Å². The number of rotatable bonds is 5. The molecule has 0 radical (unpaired) electrons. The molecular weight excluding hydrogens is 405 g/mol. The number of hydrogen-bond donors (Lipinski definition) is 0. The Morgan fingerprint density at radius 2 is 1.68 bits per heavy atom. The van der Waals surface area contributed by atoms with Crippen molar-refractivity contribution in [3.8, 4) is 27.7 Å². The summed E-state index contributed by atoms with van der Waals surface area (Å²) in [5.74, 6) is 0.574. The van der Waals surface area contributed by atoms with Crippen LogP contribution in [0.1, 0.15) is 5.89 Å². The molecule has 0 aliphatic carbocycles. The highest BCUT2D eigenvalue weighted by Crippen LogP contribution is 2.28. The van der Waals surface area contributed by atoms with Crippen molar-refractivity contribution in [2.24, 2.45) is 0 Å². The van der Waals surface area contributed by atoms with E-state index >= 15 is 0 Å². The molecule has 0 aliphatic heterocycles. The number of halogens is 1. The van der Waals surface area contributed by atoms with E-state index < -0.39 is 10.1 Å². The van der Waals surface area contributed by atoms with Crippen LogP contribution < -0.4 is 4.18 Å². The second-order valence-corrected chi connectivity index (χ2v) is 8.05. The summed E-state index contributed by atoms with van der Waals surface area (Å²) in [5, 5.41) is 5.41. The van der Waals surface area contributed by atoms with Crippen LogP contribution >= 0.6 is 11.3 Å². The van der Waals surface area contributed by atoms with Crippen LogP contribution in [-0.4, -0.2) is 23.5 Å². The normalized spacial score (nSPS) is 11.5. The third-order valence-corrected chi connectivity index (χ3v) is 5.85. The number of thiazole rings is 1. The van der Waals surface area contributed by atoms with E-state index in [1.54, 1.807) is 19.1 Å². The van der Waals surface area contributed by atoms with Gasteiger partial charge in [0.15, 0.2) is 0 Å². The Kier molecular flexibility index (Phi) is 4.65. The van der Waals surface area contributed by atoms with Crippen LogP contribution in [0.4, 0.5) is 4.39 Å². The Hall–Kier alpha value is -3.11. The molecule has 2 aromatic carbocycles. The van der Waals surface area contributed by atoms with E-state index in [0.717, 1.165) is 11.3 Å². The first-order valence-electron chi connectivity index (χ1n) is 7.97. The van der Waals surface area contributed by atoms with Gasteiger partial charge in [-0.25, -0.2) is 9.37 Å². The van der Waals surface area contributed by atoms with Crippen molar-refractivity contribution in [3.63, 3.8) is 0 Å². The lowest BCUT2D eigenvalue weighted by molar-refractivity contribution is 0.394. The summed E-state index contributed by atoms with van der Waals surface area (Å²) in [5.41, 5.74) is 1.28. The molecule has 0 bridgehead atoms. The molecule has 28 heavy (non-hydrogen) atoms. The Morgan fingerprint density at radius 1 is 1.00 bits per heavy atom. The SMILES string of the molecule is Cc1nc(-c2ccc(OS(=O)(=O)c3csc(-c4ccc(F)cc4)n3)cc2)no1. The van der Waals surface area contributed by atoms with Crippen LogP contribution in [0.3, 0.4) is 0 Å². The highest BCUT2D eigenvalue weighted by molar-refractivity contribution is 7.87. The molecule has 10 heteroatoms. The van der Waals surface area contributed by atoms with Crippen LogP contribution in [0.15, 0.2) is 63.5 Å². The van der Waals surface area contributed by atoms with Gasteiger partial charge in [-0.2, -0.15) is 13.4 Å². The van der Waals surface area contributed by atoms with Gasteiger partial charge in [0, 0.05) is 23.4 Å². The largest absolute Gasteiger partial charge is 0.378 e. The standard InChI is InChI=1S/C18H12FN3O4S2/c1-11-20-17(22-25-11)12-4-8-15(9-5-12)26-28(23,24)16-10-27-18(21-16)13-2-6-14(19)7-3-13/h2-10H,1H3. The van der Waals surface area contributed by atoms with Crippen LogP contribution in [0, 0.1) is 12.7 Å². The molecule has 142 valence electrons. The molecule has 0 aliphatic rings. The molecule has 4 rings (SSSR count). The van der Waals surface area contributed by atoms with E-state index in [0.29, 0.717) is 27.8 Å². The second-order valence-electron chi connectivity index (χ2n) is 5.70. The Morgan fingerprint density at radius 3 is 2.32 bits per heavy atom. The zero-order valence-corrected chi connectivity index (χ0v) is 16.0. The third kappa shape index (κ3) is 3.78. The maximum absolute atomic E-state index is 13.0. The molecule has 7 nitrogen and oxygen atoms in total. The molecule has 0 unspecified atom stereocenters. The predicted molar refractivity (Wildman–Crippen MR) is 99.8 cm³/mol. The molecule has 0 N–H and O–H groups in total. The van der Waals surface area contributed by atoms with Crippen molar-refractivity contribution < 1.29 is 21.5 Å². The van der Waals surface area contributed by atoms with Crippen molar-refractivity contribution in [1.82, 2.24) is 15.1 Å². The maximum atomic E-state index is 13.0. The predicted octanol–water partition coefficient (Wildman–Crippen LogP) is 4.08. The lowest BCUT2D eigenvalue weighted by atomic mass is 10.2. The first-order valence-corrected chi connectivity index (χ1v) is 10.3. The zero-order valence-electron chi connectivity index (χ0n) is 14.4. The molecule has 0 spiro atoms. The van der Waals surface area contributed by atoms with Gasteiger partial charge in [-0.1, -0.05) is 5.16 Å². The van der Waals surface area contributed by atoms with Gasteiger partial charge in [-0.3, -0.25) is 0 Å². The average molecular weight is 417 g/mol. The van der Waals surface area contributed by atoms with Gasteiger partial charge in [0.05, 0.1) is 0 Å². The minimum atomic E-state index is -4.11. The van der Waals surface area contributed by atoms with E-state index in [-0.39, 0.29) is 16.6 Å². The fraction of sp³-hybridized carbons (Fsp3) is 0.0556. The first kappa shape index (κ1) is 18.3. The molecular formula is C18H12FN3O4S2. The molecule has 2 aromatic heterocycles. The quantitative estimate of drug-likeness (QED) is 0.452. The van der Waals surface area contributed by atoms with E-state index in [1.165, 1.54) is 41.8 Å². The van der Waals surface area contributed by atoms with E-state index in [9.17, 15) is 12.8 Å². The lowest BCUT2D eigenvalue weighted by Gasteiger charge is -2.05. The maximum Gasteiger partial charge on any atom is 0.357 e.